The van der Waals surface area contributed by atoms with Crippen molar-refractivity contribution >= 4 is 23.5 Å². The Morgan fingerprint density at radius 2 is 2.00 bits per heavy atom. The van der Waals surface area contributed by atoms with Gasteiger partial charge in [-0.25, -0.2) is 14.6 Å². The van der Waals surface area contributed by atoms with Crippen molar-refractivity contribution in [3.05, 3.63) is 48.4 Å². The molecule has 136 valence electrons. The zero-order chi connectivity index (χ0) is 18.4. The van der Waals surface area contributed by atoms with Crippen LogP contribution in [0.4, 0.5) is 16.3 Å². The Labute approximate surface area is 151 Å². The van der Waals surface area contributed by atoms with Crippen molar-refractivity contribution in [2.45, 2.75) is 6.92 Å². The van der Waals surface area contributed by atoms with Gasteiger partial charge in [0.1, 0.15) is 5.82 Å². The predicted octanol–water partition coefficient (Wildman–Crippen LogP) is 2.01. The first-order chi connectivity index (χ1) is 12.7. The third kappa shape index (κ3) is 4.27. The standard InChI is InChI=1S/C18H21N5O3/c1-2-26-17(24)14-4-3-5-15(12-14)21-18(25)23-10-8-22(9-11-23)16-13-19-6-7-20-16/h3-7,12-13H,2,8-11H2,1H3,(H,21,25). The molecule has 1 aliphatic heterocycles. The van der Waals surface area contributed by atoms with E-state index in [0.717, 1.165) is 5.82 Å². The van der Waals surface area contributed by atoms with Crippen molar-refractivity contribution in [3.8, 4) is 0 Å². The van der Waals surface area contributed by atoms with E-state index < -0.39 is 5.97 Å². The van der Waals surface area contributed by atoms with Gasteiger partial charge in [0.15, 0.2) is 0 Å². The van der Waals surface area contributed by atoms with Gasteiger partial charge in [0.2, 0.25) is 0 Å². The highest BCUT2D eigenvalue weighted by Crippen LogP contribution is 2.15. The molecule has 2 heterocycles. The summed E-state index contributed by atoms with van der Waals surface area (Å²) in [7, 11) is 0. The van der Waals surface area contributed by atoms with Gasteiger partial charge in [-0.3, -0.25) is 4.98 Å². The second-order valence-electron chi connectivity index (χ2n) is 5.77. The van der Waals surface area contributed by atoms with E-state index in [1.165, 1.54) is 0 Å². The molecule has 0 radical (unpaired) electrons. The van der Waals surface area contributed by atoms with E-state index in [0.29, 0.717) is 44.0 Å². The molecule has 0 atom stereocenters. The van der Waals surface area contributed by atoms with Gasteiger partial charge in [-0.15, -0.1) is 0 Å². The Bertz CT molecular complexity index is 760. The average Bonchev–Trinajstić information content (AvgIpc) is 2.69. The third-order valence-electron chi connectivity index (χ3n) is 4.07. The molecule has 0 bridgehead atoms. The van der Waals surface area contributed by atoms with E-state index in [-0.39, 0.29) is 6.03 Å². The van der Waals surface area contributed by atoms with Gasteiger partial charge >= 0.3 is 12.0 Å². The van der Waals surface area contributed by atoms with E-state index in [4.69, 9.17) is 4.74 Å². The van der Waals surface area contributed by atoms with Gasteiger partial charge in [-0.1, -0.05) is 6.07 Å². The largest absolute Gasteiger partial charge is 0.462 e. The number of rotatable bonds is 4. The minimum absolute atomic E-state index is 0.190. The number of piperazine rings is 1. The molecule has 8 heteroatoms. The number of urea groups is 1. The molecule has 1 saturated heterocycles. The molecule has 0 spiro atoms. The number of carbonyl (C=O) groups is 2. The van der Waals surface area contributed by atoms with Crippen LogP contribution < -0.4 is 10.2 Å². The average molecular weight is 355 g/mol. The first-order valence-electron chi connectivity index (χ1n) is 8.51. The van der Waals surface area contributed by atoms with E-state index in [1.54, 1.807) is 54.7 Å². The van der Waals surface area contributed by atoms with Crippen LogP contribution >= 0.6 is 0 Å². The molecule has 1 aliphatic rings. The zero-order valence-electron chi connectivity index (χ0n) is 14.6. The van der Waals surface area contributed by atoms with Crippen LogP contribution in [-0.4, -0.2) is 59.7 Å². The quantitative estimate of drug-likeness (QED) is 0.844. The summed E-state index contributed by atoms with van der Waals surface area (Å²) in [6.45, 7) is 4.61. The third-order valence-corrected chi connectivity index (χ3v) is 4.07. The minimum atomic E-state index is -0.402. The maximum Gasteiger partial charge on any atom is 0.338 e. The fraction of sp³-hybridized carbons (Fsp3) is 0.333. The van der Waals surface area contributed by atoms with Crippen LogP contribution in [0.5, 0.6) is 0 Å². The fourth-order valence-corrected chi connectivity index (χ4v) is 2.73. The molecule has 3 rings (SSSR count). The number of hydrogen-bond donors (Lipinski definition) is 1. The molecule has 1 N–H and O–H groups in total. The van der Waals surface area contributed by atoms with Crippen molar-refractivity contribution in [1.29, 1.82) is 0 Å². The Morgan fingerprint density at radius 3 is 2.69 bits per heavy atom. The van der Waals surface area contributed by atoms with Crippen LogP contribution in [0.2, 0.25) is 0 Å². The first kappa shape index (κ1) is 17.7. The normalized spacial score (nSPS) is 14.0. The summed E-state index contributed by atoms with van der Waals surface area (Å²) in [5.41, 5.74) is 0.981. The number of nitrogens with zero attached hydrogens (tertiary/aromatic N) is 4. The molecule has 1 aromatic heterocycles. The van der Waals surface area contributed by atoms with E-state index in [2.05, 4.69) is 20.2 Å². The highest BCUT2D eigenvalue weighted by Gasteiger charge is 2.22. The molecular weight excluding hydrogens is 334 g/mol. The van der Waals surface area contributed by atoms with Crippen LogP contribution in [0.1, 0.15) is 17.3 Å². The SMILES string of the molecule is CCOC(=O)c1cccc(NC(=O)N2CCN(c3cnccn3)CC2)c1. The molecular formula is C18H21N5O3. The number of benzene rings is 1. The lowest BCUT2D eigenvalue weighted by molar-refractivity contribution is 0.0526. The second-order valence-corrected chi connectivity index (χ2v) is 5.77. The summed E-state index contributed by atoms with van der Waals surface area (Å²) in [5.74, 6) is 0.413. The van der Waals surface area contributed by atoms with Crippen LogP contribution in [0.15, 0.2) is 42.9 Å². The predicted molar refractivity (Wildman–Crippen MR) is 97.2 cm³/mol. The highest BCUT2D eigenvalue weighted by atomic mass is 16.5. The van der Waals surface area contributed by atoms with Crippen molar-refractivity contribution in [1.82, 2.24) is 14.9 Å². The van der Waals surface area contributed by atoms with E-state index in [9.17, 15) is 9.59 Å². The lowest BCUT2D eigenvalue weighted by Crippen LogP contribution is -2.50. The number of nitrogens with one attached hydrogen (secondary N) is 1. The molecule has 1 fully saturated rings. The molecule has 0 aliphatic carbocycles. The number of ether oxygens (including phenoxy) is 1. The maximum absolute atomic E-state index is 12.5. The van der Waals surface area contributed by atoms with Crippen molar-refractivity contribution in [2.75, 3.05) is 43.0 Å². The molecule has 0 saturated carbocycles. The summed E-state index contributed by atoms with van der Waals surface area (Å²) in [5, 5.41) is 2.84. The van der Waals surface area contributed by atoms with Gasteiger partial charge in [0, 0.05) is 44.3 Å². The van der Waals surface area contributed by atoms with Gasteiger partial charge < -0.3 is 19.9 Å². The van der Waals surface area contributed by atoms with Gasteiger partial charge in [0.05, 0.1) is 18.4 Å². The molecule has 2 aromatic rings. The van der Waals surface area contributed by atoms with E-state index >= 15 is 0 Å². The van der Waals surface area contributed by atoms with Gasteiger partial charge in [-0.05, 0) is 25.1 Å². The van der Waals surface area contributed by atoms with Crippen LogP contribution in [0.3, 0.4) is 0 Å². The molecule has 1 aromatic carbocycles. The molecule has 26 heavy (non-hydrogen) atoms. The van der Waals surface area contributed by atoms with Crippen molar-refractivity contribution in [2.24, 2.45) is 0 Å². The Kier molecular flexibility index (Phi) is 5.62. The lowest BCUT2D eigenvalue weighted by atomic mass is 10.2. The molecule has 8 nitrogen and oxygen atoms in total. The number of esters is 1. The number of aromatic nitrogens is 2. The monoisotopic (exact) mass is 355 g/mol. The van der Waals surface area contributed by atoms with E-state index in [1.807, 2.05) is 0 Å². The Hall–Kier alpha value is -3.16. The van der Waals surface area contributed by atoms with Crippen molar-refractivity contribution in [3.63, 3.8) is 0 Å². The van der Waals surface area contributed by atoms with Crippen LogP contribution in [-0.2, 0) is 4.74 Å². The lowest BCUT2D eigenvalue weighted by Gasteiger charge is -2.35. The number of hydrogen-bond acceptors (Lipinski definition) is 6. The Balaban J connectivity index is 1.56. The summed E-state index contributed by atoms with van der Waals surface area (Å²) in [6.07, 6.45) is 5.01. The fourth-order valence-electron chi connectivity index (χ4n) is 2.73. The number of amides is 2. The summed E-state index contributed by atoms with van der Waals surface area (Å²) < 4.78 is 4.98. The first-order valence-corrected chi connectivity index (χ1v) is 8.51. The topological polar surface area (TPSA) is 87.7 Å². The summed E-state index contributed by atoms with van der Waals surface area (Å²) in [6, 6.07) is 6.55. The molecule has 0 unspecified atom stereocenters. The van der Waals surface area contributed by atoms with Gasteiger partial charge in [-0.2, -0.15) is 0 Å². The maximum atomic E-state index is 12.5. The molecule has 2 amide bonds. The number of anilines is 2. The van der Waals surface area contributed by atoms with Crippen LogP contribution in [0, 0.1) is 0 Å². The number of carbonyl (C=O) groups excluding carboxylic acids is 2. The zero-order valence-corrected chi connectivity index (χ0v) is 14.6. The van der Waals surface area contributed by atoms with Gasteiger partial charge in [0.25, 0.3) is 0 Å². The van der Waals surface area contributed by atoms with Crippen LogP contribution in [0.25, 0.3) is 0 Å². The summed E-state index contributed by atoms with van der Waals surface area (Å²) in [4.78, 5) is 36.5. The smallest absolute Gasteiger partial charge is 0.338 e. The second kappa shape index (κ2) is 8.28. The van der Waals surface area contributed by atoms with Crippen molar-refractivity contribution < 1.29 is 14.3 Å². The highest BCUT2D eigenvalue weighted by molar-refractivity contribution is 5.94. The Morgan fingerprint density at radius 1 is 1.19 bits per heavy atom. The minimum Gasteiger partial charge on any atom is -0.462 e. The summed E-state index contributed by atoms with van der Waals surface area (Å²) >= 11 is 0.